The average Bonchev–Trinajstić information content (AvgIpc) is 2.86. The molecule has 0 aliphatic carbocycles. The van der Waals surface area contributed by atoms with Gasteiger partial charge in [-0.1, -0.05) is 54.6 Å². The Bertz CT molecular complexity index is 828. The van der Waals surface area contributed by atoms with Gasteiger partial charge < -0.3 is 9.53 Å². The summed E-state index contributed by atoms with van der Waals surface area (Å²) in [6.07, 6.45) is 0. The summed E-state index contributed by atoms with van der Waals surface area (Å²) in [5.74, 6) is 0. The monoisotopic (exact) mass is 480 g/mol. The Labute approximate surface area is 183 Å². The number of nitrogens with zero attached hydrogens (tertiary/aromatic N) is 1. The lowest BCUT2D eigenvalue weighted by atomic mass is 10.2. The lowest BCUT2D eigenvalue weighted by molar-refractivity contribution is 0.0779. The first-order chi connectivity index (χ1) is 12.5. The molecule has 0 fully saturated rings. The SMILES string of the molecule is CC(C)(O)c1nc(CO[Si](C)(C)C(C)(C)C)c(S(=O)(=O)N[Si](C)(C)C(C)(C)C)s1. The quantitative estimate of drug-likeness (QED) is 0.525. The molecule has 0 bridgehead atoms. The first-order valence-corrected chi connectivity index (χ1v) is 18.1. The van der Waals surface area contributed by atoms with Crippen molar-refractivity contribution < 1.29 is 18.0 Å². The van der Waals surface area contributed by atoms with E-state index in [1.165, 1.54) is 0 Å². The predicted molar refractivity (Wildman–Crippen MR) is 127 cm³/mol. The van der Waals surface area contributed by atoms with Gasteiger partial charge in [0.1, 0.15) is 18.8 Å². The number of aromatic nitrogens is 1. The maximum atomic E-state index is 13.3. The van der Waals surface area contributed by atoms with Crippen LogP contribution in [0, 0.1) is 0 Å². The van der Waals surface area contributed by atoms with E-state index in [4.69, 9.17) is 4.43 Å². The summed E-state index contributed by atoms with van der Waals surface area (Å²) >= 11 is 1.03. The molecule has 10 heteroatoms. The maximum Gasteiger partial charge on any atom is 0.246 e. The number of aliphatic hydroxyl groups is 1. The van der Waals surface area contributed by atoms with Crippen LogP contribution in [0.3, 0.4) is 0 Å². The van der Waals surface area contributed by atoms with E-state index in [-0.39, 0.29) is 20.9 Å². The molecule has 29 heavy (non-hydrogen) atoms. The highest BCUT2D eigenvalue weighted by molar-refractivity contribution is 7.93. The Morgan fingerprint density at radius 3 is 1.86 bits per heavy atom. The molecule has 0 spiro atoms. The molecule has 6 nitrogen and oxygen atoms in total. The molecule has 1 aromatic heterocycles. The minimum atomic E-state index is -3.78. The molecule has 0 aromatic carbocycles. The van der Waals surface area contributed by atoms with Crippen LogP contribution in [0.1, 0.15) is 66.1 Å². The van der Waals surface area contributed by atoms with Crippen LogP contribution in [-0.4, -0.2) is 35.1 Å². The normalized spacial score (nSPS) is 15.1. The van der Waals surface area contributed by atoms with Gasteiger partial charge in [0.2, 0.25) is 10.0 Å². The predicted octanol–water partition coefficient (Wildman–Crippen LogP) is 5.18. The van der Waals surface area contributed by atoms with Crippen molar-refractivity contribution >= 4 is 37.9 Å². The van der Waals surface area contributed by atoms with Crippen molar-refractivity contribution in [3.05, 3.63) is 10.7 Å². The molecule has 0 unspecified atom stereocenters. The van der Waals surface area contributed by atoms with Crippen molar-refractivity contribution in [3.8, 4) is 0 Å². The van der Waals surface area contributed by atoms with Crippen molar-refractivity contribution in [2.45, 2.75) is 108 Å². The van der Waals surface area contributed by atoms with Gasteiger partial charge in [0.15, 0.2) is 12.5 Å². The average molecular weight is 481 g/mol. The zero-order valence-corrected chi connectivity index (χ0v) is 23.8. The Hall–Kier alpha value is -0.106. The highest BCUT2D eigenvalue weighted by Gasteiger charge is 2.42. The molecule has 0 saturated heterocycles. The fraction of sp³-hybridized carbons (Fsp3) is 0.842. The molecular weight excluding hydrogens is 441 g/mol. The van der Waals surface area contributed by atoms with Crippen molar-refractivity contribution in [2.24, 2.45) is 0 Å². The van der Waals surface area contributed by atoms with E-state index in [0.29, 0.717) is 10.7 Å². The number of thiazole rings is 1. The van der Waals surface area contributed by atoms with Crippen molar-refractivity contribution in [2.75, 3.05) is 0 Å². The van der Waals surface area contributed by atoms with Gasteiger partial charge in [-0.15, -0.1) is 11.3 Å². The first-order valence-electron chi connectivity index (χ1n) is 9.92. The molecule has 0 atom stereocenters. The van der Waals surface area contributed by atoms with Crippen LogP contribution in [0.15, 0.2) is 4.21 Å². The van der Waals surface area contributed by atoms with Crippen molar-refractivity contribution in [3.63, 3.8) is 0 Å². The van der Waals surface area contributed by atoms with E-state index >= 15 is 0 Å². The number of hydrogen-bond donors (Lipinski definition) is 2. The van der Waals surface area contributed by atoms with Crippen LogP contribution in [0.25, 0.3) is 0 Å². The van der Waals surface area contributed by atoms with Gasteiger partial charge in [-0.3, -0.25) is 0 Å². The second-order valence-electron chi connectivity index (χ2n) is 11.3. The summed E-state index contributed by atoms with van der Waals surface area (Å²) in [6, 6.07) is 0. The number of rotatable bonds is 7. The third kappa shape index (κ3) is 6.44. The summed E-state index contributed by atoms with van der Waals surface area (Å²) in [5, 5.41) is 10.6. The largest absolute Gasteiger partial charge is 0.411 e. The van der Waals surface area contributed by atoms with Gasteiger partial charge in [0.05, 0.1) is 12.3 Å². The van der Waals surface area contributed by atoms with E-state index in [9.17, 15) is 13.5 Å². The highest BCUT2D eigenvalue weighted by atomic mass is 32.2. The van der Waals surface area contributed by atoms with Crippen LogP contribution in [0.4, 0.5) is 0 Å². The fourth-order valence-corrected chi connectivity index (χ4v) is 9.38. The maximum absolute atomic E-state index is 13.3. The second kappa shape index (κ2) is 8.10. The lowest BCUT2D eigenvalue weighted by Gasteiger charge is -2.37. The highest BCUT2D eigenvalue weighted by Crippen LogP contribution is 2.39. The van der Waals surface area contributed by atoms with Crippen LogP contribution in [0.5, 0.6) is 0 Å². The summed E-state index contributed by atoms with van der Waals surface area (Å²) < 4.78 is 36.1. The topological polar surface area (TPSA) is 88.5 Å². The molecule has 2 N–H and O–H groups in total. The molecule has 1 heterocycles. The van der Waals surface area contributed by atoms with Crippen molar-refractivity contribution in [1.82, 2.24) is 9.37 Å². The van der Waals surface area contributed by atoms with E-state index in [1.54, 1.807) is 13.8 Å². The van der Waals surface area contributed by atoms with Crippen LogP contribution in [0.2, 0.25) is 36.3 Å². The van der Waals surface area contributed by atoms with Crippen molar-refractivity contribution in [1.29, 1.82) is 0 Å². The van der Waals surface area contributed by atoms with Gasteiger partial charge in [-0.2, -0.15) is 0 Å². The molecule has 170 valence electrons. The zero-order chi connectivity index (χ0) is 23.3. The van der Waals surface area contributed by atoms with E-state index in [1.807, 2.05) is 13.1 Å². The summed E-state index contributed by atoms with van der Waals surface area (Å²) in [7, 11) is -8.20. The molecule has 0 aliphatic rings. The van der Waals surface area contributed by atoms with Gasteiger partial charge in [-0.05, 0) is 37.0 Å². The standard InChI is InChI=1S/C19H40N2O4S2Si2/c1-17(2,3)28(9,10)21-27(23,24)15-14(20-16(26-15)19(7,8)22)13-25-29(11,12)18(4,5)6/h21-22H,13H2,1-12H3. The summed E-state index contributed by atoms with van der Waals surface area (Å²) in [5.41, 5.74) is -0.843. The molecule has 1 aromatic rings. The minimum absolute atomic E-state index is 0.000524. The number of sulfonamides is 1. The third-order valence-corrected chi connectivity index (χ3v) is 20.3. The van der Waals surface area contributed by atoms with Gasteiger partial charge in [0.25, 0.3) is 0 Å². The molecule has 0 aliphatic heterocycles. The number of nitrogens with one attached hydrogen (secondary N) is 1. The zero-order valence-electron chi connectivity index (χ0n) is 20.1. The third-order valence-electron chi connectivity index (χ3n) is 6.07. The van der Waals surface area contributed by atoms with Gasteiger partial charge in [0, 0.05) is 0 Å². The minimum Gasteiger partial charge on any atom is -0.411 e. The molecule has 0 saturated carbocycles. The van der Waals surface area contributed by atoms with Crippen LogP contribution >= 0.6 is 11.3 Å². The van der Waals surface area contributed by atoms with E-state index in [2.05, 4.69) is 64.0 Å². The second-order valence-corrected chi connectivity index (χ2v) is 24.4. The molecular formula is C19H40N2O4S2Si2. The van der Waals surface area contributed by atoms with Gasteiger partial charge >= 0.3 is 0 Å². The Morgan fingerprint density at radius 1 is 1.00 bits per heavy atom. The molecule has 0 amide bonds. The van der Waals surface area contributed by atoms with Crippen LogP contribution in [-0.2, 0) is 26.7 Å². The van der Waals surface area contributed by atoms with Crippen LogP contribution < -0.4 is 4.39 Å². The van der Waals surface area contributed by atoms with Gasteiger partial charge in [-0.25, -0.2) is 17.8 Å². The van der Waals surface area contributed by atoms with E-state index in [0.717, 1.165) is 11.3 Å². The summed E-state index contributed by atoms with van der Waals surface area (Å²) in [4.78, 5) is 4.49. The Balaban J connectivity index is 3.41. The Morgan fingerprint density at radius 2 is 1.48 bits per heavy atom. The fourth-order valence-electron chi connectivity index (χ4n) is 1.90. The van der Waals surface area contributed by atoms with E-state index < -0.39 is 32.2 Å². The first kappa shape index (κ1) is 26.9. The molecule has 0 radical (unpaired) electrons. The summed E-state index contributed by atoms with van der Waals surface area (Å²) in [6.45, 7) is 24.2. The number of hydrogen-bond acceptors (Lipinski definition) is 6. The smallest absolute Gasteiger partial charge is 0.246 e. The Kier molecular flexibility index (Phi) is 7.53. The lowest BCUT2D eigenvalue weighted by Crippen LogP contribution is -2.54. The molecule has 1 rings (SSSR count).